The summed E-state index contributed by atoms with van der Waals surface area (Å²) in [5.41, 5.74) is 3.47. The monoisotopic (exact) mass is 436 g/mol. The van der Waals surface area contributed by atoms with Crippen molar-refractivity contribution in [1.82, 2.24) is 9.88 Å². The first-order valence-electron chi connectivity index (χ1n) is 9.37. The molecular formula is C22H23Cl3N2O. The van der Waals surface area contributed by atoms with Crippen molar-refractivity contribution in [3.63, 3.8) is 0 Å². The van der Waals surface area contributed by atoms with E-state index in [-0.39, 0.29) is 12.4 Å². The first-order chi connectivity index (χ1) is 13.1. The maximum Gasteiger partial charge on any atom is 0.0924 e. The molecule has 0 radical (unpaired) electrons. The Kier molecular flexibility index (Phi) is 7.19. The minimum atomic E-state index is -0.569. The summed E-state index contributed by atoms with van der Waals surface area (Å²) in [6.07, 6.45) is 3.12. The molecule has 0 amide bonds. The van der Waals surface area contributed by atoms with Crippen LogP contribution in [0.15, 0.2) is 48.5 Å². The van der Waals surface area contributed by atoms with E-state index in [0.717, 1.165) is 40.8 Å². The van der Waals surface area contributed by atoms with Crippen molar-refractivity contribution >= 4 is 46.5 Å². The number of rotatable bonds is 4. The van der Waals surface area contributed by atoms with Crippen molar-refractivity contribution in [3.8, 4) is 11.3 Å². The molecule has 1 aliphatic heterocycles. The van der Waals surface area contributed by atoms with E-state index in [4.69, 9.17) is 28.2 Å². The van der Waals surface area contributed by atoms with Gasteiger partial charge < -0.3 is 10.0 Å². The quantitative estimate of drug-likeness (QED) is 0.532. The summed E-state index contributed by atoms with van der Waals surface area (Å²) >= 11 is 12.2. The number of nitrogens with zero attached hydrogens (tertiary/aromatic N) is 2. The number of β-amino-alcohol motifs (C(OH)–C–C–N with tert-alkyl or cyclic N) is 1. The van der Waals surface area contributed by atoms with Crippen LogP contribution in [-0.4, -0.2) is 34.6 Å². The van der Waals surface area contributed by atoms with Crippen LogP contribution in [-0.2, 0) is 0 Å². The molecule has 1 aliphatic rings. The maximum absolute atomic E-state index is 11.0. The molecule has 1 atom stereocenters. The van der Waals surface area contributed by atoms with Crippen LogP contribution in [0.5, 0.6) is 0 Å². The third-order valence-electron chi connectivity index (χ3n) is 5.18. The van der Waals surface area contributed by atoms with Gasteiger partial charge in [-0.3, -0.25) is 0 Å². The molecule has 0 spiro atoms. The van der Waals surface area contributed by atoms with Crippen LogP contribution in [0.1, 0.15) is 30.9 Å². The number of halogens is 3. The van der Waals surface area contributed by atoms with Gasteiger partial charge in [0.05, 0.1) is 17.3 Å². The highest BCUT2D eigenvalue weighted by Gasteiger charge is 2.19. The lowest BCUT2D eigenvalue weighted by Crippen LogP contribution is -2.33. The van der Waals surface area contributed by atoms with Gasteiger partial charge in [0.15, 0.2) is 0 Å². The highest BCUT2D eigenvalue weighted by Crippen LogP contribution is 2.31. The number of hydrogen-bond donors (Lipinski definition) is 1. The molecule has 3 aromatic rings. The summed E-state index contributed by atoms with van der Waals surface area (Å²) in [6, 6.07) is 15.2. The molecule has 148 valence electrons. The third kappa shape index (κ3) is 4.79. The summed E-state index contributed by atoms with van der Waals surface area (Å²) in [5.74, 6) is 0. The Balaban J connectivity index is 0.00000225. The molecule has 0 aliphatic carbocycles. The number of fused-ring (bicyclic) bond motifs is 1. The lowest BCUT2D eigenvalue weighted by Gasteiger charge is -2.29. The average Bonchev–Trinajstić information content (AvgIpc) is 2.68. The van der Waals surface area contributed by atoms with Gasteiger partial charge in [-0.15, -0.1) is 12.4 Å². The number of aromatic nitrogens is 1. The standard InChI is InChI=1S/C22H22Cl2N2O.ClH/c23-16-6-4-15(5-7-16)20-13-19(18-9-8-17(24)12-21(18)25-20)22(27)14-26-10-2-1-3-11-26;/h4-9,12-13,22,27H,1-3,10-11,14H2;1H. The summed E-state index contributed by atoms with van der Waals surface area (Å²) in [4.78, 5) is 7.12. The lowest BCUT2D eigenvalue weighted by atomic mass is 9.99. The third-order valence-corrected chi connectivity index (χ3v) is 5.67. The summed E-state index contributed by atoms with van der Waals surface area (Å²) in [7, 11) is 0. The molecule has 1 aromatic heterocycles. The molecule has 1 saturated heterocycles. The van der Waals surface area contributed by atoms with E-state index >= 15 is 0 Å². The number of aliphatic hydroxyl groups is 1. The van der Waals surface area contributed by atoms with Crippen molar-refractivity contribution in [2.45, 2.75) is 25.4 Å². The van der Waals surface area contributed by atoms with Crippen molar-refractivity contribution in [3.05, 3.63) is 64.1 Å². The molecule has 3 nitrogen and oxygen atoms in total. The number of benzene rings is 2. The molecular weight excluding hydrogens is 415 g/mol. The lowest BCUT2D eigenvalue weighted by molar-refractivity contribution is 0.102. The zero-order valence-electron chi connectivity index (χ0n) is 15.4. The second kappa shape index (κ2) is 9.43. The van der Waals surface area contributed by atoms with Crippen molar-refractivity contribution in [1.29, 1.82) is 0 Å². The normalized spacial score (nSPS) is 16.0. The second-order valence-corrected chi connectivity index (χ2v) is 8.02. The van der Waals surface area contributed by atoms with Crippen LogP contribution in [0.2, 0.25) is 10.0 Å². The van der Waals surface area contributed by atoms with E-state index in [1.807, 2.05) is 48.5 Å². The Labute approximate surface area is 181 Å². The maximum atomic E-state index is 11.0. The Bertz CT molecular complexity index is 940. The van der Waals surface area contributed by atoms with Gasteiger partial charge in [0.25, 0.3) is 0 Å². The predicted molar refractivity (Wildman–Crippen MR) is 120 cm³/mol. The van der Waals surface area contributed by atoms with E-state index in [2.05, 4.69) is 4.90 Å². The molecule has 2 aromatic carbocycles. The number of likely N-dealkylation sites (tertiary alicyclic amines) is 1. The van der Waals surface area contributed by atoms with Gasteiger partial charge in [-0.2, -0.15) is 0 Å². The van der Waals surface area contributed by atoms with Gasteiger partial charge >= 0.3 is 0 Å². The molecule has 28 heavy (non-hydrogen) atoms. The van der Waals surface area contributed by atoms with Gasteiger partial charge in [-0.25, -0.2) is 4.98 Å². The zero-order chi connectivity index (χ0) is 18.8. The van der Waals surface area contributed by atoms with Gasteiger partial charge in [0, 0.05) is 27.5 Å². The molecule has 0 saturated carbocycles. The number of aliphatic hydroxyl groups excluding tert-OH is 1. The molecule has 0 bridgehead atoms. The minimum Gasteiger partial charge on any atom is -0.387 e. The Morgan fingerprint density at radius 1 is 0.929 bits per heavy atom. The fraction of sp³-hybridized carbons (Fsp3) is 0.318. The molecule has 4 rings (SSSR count). The van der Waals surface area contributed by atoms with E-state index in [1.165, 1.54) is 19.3 Å². The van der Waals surface area contributed by atoms with Crippen LogP contribution >= 0.6 is 35.6 Å². The van der Waals surface area contributed by atoms with Crippen molar-refractivity contribution in [2.24, 2.45) is 0 Å². The fourth-order valence-corrected chi connectivity index (χ4v) is 4.05. The van der Waals surface area contributed by atoms with Gasteiger partial charge in [0.1, 0.15) is 0 Å². The molecule has 6 heteroatoms. The van der Waals surface area contributed by atoms with Crippen molar-refractivity contribution < 1.29 is 5.11 Å². The number of pyridine rings is 1. The second-order valence-electron chi connectivity index (χ2n) is 7.14. The van der Waals surface area contributed by atoms with Crippen molar-refractivity contribution in [2.75, 3.05) is 19.6 Å². The van der Waals surface area contributed by atoms with Crippen LogP contribution in [0.25, 0.3) is 22.2 Å². The summed E-state index contributed by atoms with van der Waals surface area (Å²) in [6.45, 7) is 2.74. The van der Waals surface area contributed by atoms with Crippen LogP contribution in [0.4, 0.5) is 0 Å². The smallest absolute Gasteiger partial charge is 0.0924 e. The van der Waals surface area contributed by atoms with E-state index < -0.39 is 6.10 Å². The fourth-order valence-electron chi connectivity index (χ4n) is 3.76. The zero-order valence-corrected chi connectivity index (χ0v) is 17.8. The molecule has 1 fully saturated rings. The van der Waals surface area contributed by atoms with Crippen LogP contribution in [0.3, 0.4) is 0 Å². The Morgan fingerprint density at radius 2 is 1.61 bits per heavy atom. The topological polar surface area (TPSA) is 36.4 Å². The first kappa shape index (κ1) is 21.4. The number of hydrogen-bond acceptors (Lipinski definition) is 3. The predicted octanol–water partition coefficient (Wildman–Crippen LogP) is 6.15. The van der Waals surface area contributed by atoms with E-state index in [9.17, 15) is 5.11 Å². The van der Waals surface area contributed by atoms with E-state index in [1.54, 1.807) is 0 Å². The first-order valence-corrected chi connectivity index (χ1v) is 10.1. The van der Waals surface area contributed by atoms with Crippen LogP contribution in [0, 0.1) is 0 Å². The van der Waals surface area contributed by atoms with E-state index in [0.29, 0.717) is 16.6 Å². The average molecular weight is 438 g/mol. The minimum absolute atomic E-state index is 0. The number of piperidine rings is 1. The summed E-state index contributed by atoms with van der Waals surface area (Å²) in [5, 5.41) is 13.3. The largest absolute Gasteiger partial charge is 0.387 e. The van der Waals surface area contributed by atoms with Gasteiger partial charge in [-0.05, 0) is 61.8 Å². The molecule has 1 unspecified atom stereocenters. The molecule has 2 heterocycles. The molecule has 1 N–H and O–H groups in total. The van der Waals surface area contributed by atoms with Gasteiger partial charge in [-0.1, -0.05) is 47.8 Å². The van der Waals surface area contributed by atoms with Crippen LogP contribution < -0.4 is 0 Å². The Hall–Kier alpha value is -1.36. The van der Waals surface area contributed by atoms with Gasteiger partial charge in [0.2, 0.25) is 0 Å². The SMILES string of the molecule is Cl.OC(CN1CCCCC1)c1cc(-c2ccc(Cl)cc2)nc2cc(Cl)ccc12. The highest BCUT2D eigenvalue weighted by atomic mass is 35.5. The highest BCUT2D eigenvalue weighted by molar-refractivity contribution is 6.31. The summed E-state index contributed by atoms with van der Waals surface area (Å²) < 4.78 is 0. The Morgan fingerprint density at radius 3 is 2.32 bits per heavy atom.